The average Bonchev–Trinajstić information content (AvgIpc) is 2.91. The highest BCUT2D eigenvalue weighted by Gasteiger charge is 2.44. The van der Waals surface area contributed by atoms with Gasteiger partial charge < -0.3 is 9.47 Å². The maximum atomic E-state index is 13.8. The van der Waals surface area contributed by atoms with Gasteiger partial charge in [-0.15, -0.1) is 0 Å². The van der Waals surface area contributed by atoms with E-state index in [0.29, 0.717) is 6.20 Å². The Morgan fingerprint density at radius 2 is 1.86 bits per heavy atom. The number of amides is 1. The molecular weight excluding hydrogens is 379 g/mol. The van der Waals surface area contributed by atoms with E-state index in [4.69, 9.17) is 9.47 Å². The molecule has 0 unspecified atom stereocenters. The van der Waals surface area contributed by atoms with Crippen molar-refractivity contribution in [2.75, 3.05) is 6.61 Å². The Balaban J connectivity index is 2.64. The number of allylic oxidation sites excluding steroid dienone is 1. The van der Waals surface area contributed by atoms with E-state index in [1.807, 2.05) is 0 Å². The molecule has 1 amide bonds. The highest BCUT2D eigenvalue weighted by atomic mass is 19.4. The summed E-state index contributed by atoms with van der Waals surface area (Å²) in [4.78, 5) is 25.5. The molecule has 0 atom stereocenters. The predicted octanol–water partition coefficient (Wildman–Crippen LogP) is 4.29. The number of hydrogen-bond acceptors (Lipinski definition) is 5. The molecule has 0 aliphatic carbocycles. The van der Waals surface area contributed by atoms with Crippen LogP contribution in [0.25, 0.3) is 5.57 Å². The molecule has 1 aromatic heterocycles. The lowest BCUT2D eigenvalue weighted by Gasteiger charge is -2.30. The number of hydrogen-bond donors (Lipinski definition) is 0. The molecular formula is C18H24F3N3O4. The Hall–Kier alpha value is -2.52. The smallest absolute Gasteiger partial charge is 0.419 e. The summed E-state index contributed by atoms with van der Waals surface area (Å²) < 4.78 is 52.6. The number of nitrogens with zero attached hydrogens (tertiary/aromatic N) is 3. The van der Waals surface area contributed by atoms with Gasteiger partial charge in [-0.3, -0.25) is 9.58 Å². The minimum atomic E-state index is -4.77. The number of rotatable bonds is 3. The minimum Gasteiger partial charge on any atom is -0.461 e. The first-order chi connectivity index (χ1) is 12.8. The lowest BCUT2D eigenvalue weighted by Crippen LogP contribution is -2.36. The van der Waals surface area contributed by atoms with E-state index in [0.717, 1.165) is 9.58 Å². The molecule has 7 nitrogen and oxygen atoms in total. The van der Waals surface area contributed by atoms with Crippen LogP contribution in [0.4, 0.5) is 18.0 Å². The lowest BCUT2D eigenvalue weighted by atomic mass is 10.0. The maximum Gasteiger partial charge on any atom is 0.419 e. The van der Waals surface area contributed by atoms with Gasteiger partial charge in [0.05, 0.1) is 24.4 Å². The Morgan fingerprint density at radius 1 is 1.25 bits per heavy atom. The molecule has 0 N–H and O–H groups in total. The van der Waals surface area contributed by atoms with Crippen molar-refractivity contribution in [2.24, 2.45) is 0 Å². The molecule has 1 aliphatic rings. The third kappa shape index (κ3) is 4.48. The predicted molar refractivity (Wildman–Crippen MR) is 94.4 cm³/mol. The highest BCUT2D eigenvalue weighted by molar-refractivity contribution is 5.92. The first-order valence-corrected chi connectivity index (χ1v) is 8.83. The van der Waals surface area contributed by atoms with Crippen LogP contribution >= 0.6 is 0 Å². The standard InChI is InChI=1S/C18H24F3N3O4/c1-7-27-15(25)13-11-8-23(16(26)28-17(4,5)6)9-12(18(19,20)21)14(11)24(22-13)10(2)3/h9-10H,7-8H2,1-6H3. The molecule has 2 rings (SSSR count). The number of carbonyl (C=O) groups is 2. The fourth-order valence-electron chi connectivity index (χ4n) is 2.72. The Labute approximate surface area is 161 Å². The molecule has 156 valence electrons. The van der Waals surface area contributed by atoms with Crippen LogP contribution < -0.4 is 0 Å². The first kappa shape index (κ1) is 21.8. The van der Waals surface area contributed by atoms with Gasteiger partial charge in [0, 0.05) is 17.8 Å². The van der Waals surface area contributed by atoms with Crippen LogP contribution in [-0.4, -0.2) is 45.1 Å². The Bertz CT molecular complexity index is 804. The Morgan fingerprint density at radius 3 is 2.32 bits per heavy atom. The summed E-state index contributed by atoms with van der Waals surface area (Å²) in [5, 5.41) is 4.06. The van der Waals surface area contributed by atoms with E-state index >= 15 is 0 Å². The fraction of sp³-hybridized carbons (Fsp3) is 0.611. The quantitative estimate of drug-likeness (QED) is 0.704. The van der Waals surface area contributed by atoms with Crippen LogP contribution in [-0.2, 0) is 16.0 Å². The summed E-state index contributed by atoms with van der Waals surface area (Å²) in [6, 6.07) is -0.448. The molecule has 0 saturated carbocycles. The molecule has 0 spiro atoms. The second-order valence-corrected chi connectivity index (χ2v) is 7.58. The van der Waals surface area contributed by atoms with Gasteiger partial charge in [-0.2, -0.15) is 18.3 Å². The van der Waals surface area contributed by atoms with Gasteiger partial charge in [0.25, 0.3) is 0 Å². The number of carbonyl (C=O) groups excluding carboxylic acids is 2. The van der Waals surface area contributed by atoms with E-state index in [-0.39, 0.29) is 30.1 Å². The van der Waals surface area contributed by atoms with Crippen molar-refractivity contribution in [2.45, 2.75) is 65.9 Å². The summed E-state index contributed by atoms with van der Waals surface area (Å²) in [6.07, 6.45) is -5.02. The van der Waals surface area contributed by atoms with Crippen LogP contribution in [0.15, 0.2) is 6.20 Å². The fourth-order valence-corrected chi connectivity index (χ4v) is 2.72. The summed E-state index contributed by atoms with van der Waals surface area (Å²) >= 11 is 0. The van der Waals surface area contributed by atoms with Crippen LogP contribution in [0.3, 0.4) is 0 Å². The van der Waals surface area contributed by atoms with Crippen LogP contribution in [0.1, 0.15) is 69.3 Å². The molecule has 0 aromatic carbocycles. The van der Waals surface area contributed by atoms with Gasteiger partial charge in [0.1, 0.15) is 5.60 Å². The molecule has 1 aliphatic heterocycles. The largest absolute Gasteiger partial charge is 0.461 e. The third-order valence-electron chi connectivity index (χ3n) is 3.77. The van der Waals surface area contributed by atoms with Gasteiger partial charge in [-0.05, 0) is 41.5 Å². The summed E-state index contributed by atoms with van der Waals surface area (Å²) in [6.45, 7) is 9.45. The molecule has 0 radical (unpaired) electrons. The van der Waals surface area contributed by atoms with Crippen LogP contribution in [0.2, 0.25) is 0 Å². The van der Waals surface area contributed by atoms with Crippen molar-refractivity contribution in [3.63, 3.8) is 0 Å². The normalized spacial score (nSPS) is 14.6. The minimum absolute atomic E-state index is 0.0205. The maximum absolute atomic E-state index is 13.8. The number of halogens is 3. The molecule has 0 saturated heterocycles. The van der Waals surface area contributed by atoms with Crippen molar-refractivity contribution in [1.29, 1.82) is 0 Å². The van der Waals surface area contributed by atoms with E-state index in [9.17, 15) is 22.8 Å². The van der Waals surface area contributed by atoms with E-state index in [1.54, 1.807) is 41.5 Å². The highest BCUT2D eigenvalue weighted by Crippen LogP contribution is 2.41. The van der Waals surface area contributed by atoms with Gasteiger partial charge in [0.15, 0.2) is 5.69 Å². The molecule has 28 heavy (non-hydrogen) atoms. The van der Waals surface area contributed by atoms with Gasteiger partial charge in [0.2, 0.25) is 0 Å². The second-order valence-electron chi connectivity index (χ2n) is 7.58. The van der Waals surface area contributed by atoms with Crippen LogP contribution in [0, 0.1) is 0 Å². The van der Waals surface area contributed by atoms with Crippen molar-refractivity contribution in [1.82, 2.24) is 14.7 Å². The summed E-state index contributed by atoms with van der Waals surface area (Å²) in [5.74, 6) is -0.842. The van der Waals surface area contributed by atoms with Crippen molar-refractivity contribution < 1.29 is 32.2 Å². The van der Waals surface area contributed by atoms with Crippen LogP contribution in [0.5, 0.6) is 0 Å². The average molecular weight is 403 g/mol. The lowest BCUT2D eigenvalue weighted by molar-refractivity contribution is -0.0706. The number of alkyl halides is 3. The summed E-state index contributed by atoms with van der Waals surface area (Å²) in [7, 11) is 0. The van der Waals surface area contributed by atoms with Crippen molar-refractivity contribution in [3.8, 4) is 0 Å². The SMILES string of the molecule is CCOC(=O)c1nn(C(C)C)c2c1CN(C(=O)OC(C)(C)C)C=C2C(F)(F)F. The molecule has 2 heterocycles. The third-order valence-corrected chi connectivity index (χ3v) is 3.77. The number of fused-ring (bicyclic) bond motifs is 1. The monoisotopic (exact) mass is 403 g/mol. The van der Waals surface area contributed by atoms with Gasteiger partial charge in [-0.1, -0.05) is 0 Å². The topological polar surface area (TPSA) is 73.7 Å². The molecule has 0 fully saturated rings. The second kappa shape index (κ2) is 7.48. The zero-order valence-corrected chi connectivity index (χ0v) is 16.7. The number of esters is 1. The van der Waals surface area contributed by atoms with E-state index in [1.165, 1.54) is 0 Å². The number of ether oxygens (including phenoxy) is 2. The first-order valence-electron chi connectivity index (χ1n) is 8.83. The van der Waals surface area contributed by atoms with E-state index < -0.39 is 35.5 Å². The molecule has 1 aromatic rings. The van der Waals surface area contributed by atoms with Gasteiger partial charge in [-0.25, -0.2) is 9.59 Å². The van der Waals surface area contributed by atoms with Gasteiger partial charge >= 0.3 is 18.2 Å². The molecule has 10 heteroatoms. The van der Waals surface area contributed by atoms with Crippen molar-refractivity contribution in [3.05, 3.63) is 23.2 Å². The Kier molecular flexibility index (Phi) is 5.82. The zero-order valence-electron chi connectivity index (χ0n) is 16.7. The molecule has 0 bridgehead atoms. The zero-order chi connectivity index (χ0) is 21.4. The summed E-state index contributed by atoms with van der Waals surface area (Å²) in [5.41, 5.74) is -2.47. The van der Waals surface area contributed by atoms with Crippen molar-refractivity contribution >= 4 is 17.6 Å². The van der Waals surface area contributed by atoms with E-state index in [2.05, 4.69) is 5.10 Å². The number of aromatic nitrogens is 2.